The molecule has 134 valence electrons. The van der Waals surface area contributed by atoms with Crippen molar-refractivity contribution in [2.75, 3.05) is 13.2 Å². The number of carbonyl (C=O) groups excluding carboxylic acids is 1. The number of hydrogen-bond donors (Lipinski definition) is 2. The molecule has 0 aromatic rings. The van der Waals surface area contributed by atoms with Gasteiger partial charge in [0.05, 0.1) is 18.8 Å². The molecular weight excluding hydrogens is 296 g/mol. The van der Waals surface area contributed by atoms with Gasteiger partial charge in [0.25, 0.3) is 0 Å². The van der Waals surface area contributed by atoms with E-state index < -0.39 is 11.9 Å². The van der Waals surface area contributed by atoms with E-state index in [4.69, 9.17) is 10.2 Å². The molecule has 0 aromatic heterocycles. The second-order valence-electron chi connectivity index (χ2n) is 5.15. The van der Waals surface area contributed by atoms with Crippen LogP contribution in [0.1, 0.15) is 65.7 Å². The van der Waals surface area contributed by atoms with Crippen molar-refractivity contribution >= 4 is 11.9 Å². The number of hydrogen-bond acceptors (Lipinski definition) is 4. The van der Waals surface area contributed by atoms with Gasteiger partial charge in [-0.25, -0.2) is 9.59 Å². The first-order chi connectivity index (χ1) is 10.9. The van der Waals surface area contributed by atoms with Gasteiger partial charge in [0.15, 0.2) is 0 Å². The predicted octanol–water partition coefficient (Wildman–Crippen LogP) is 3.87. The monoisotopic (exact) mass is 328 g/mol. The summed E-state index contributed by atoms with van der Waals surface area (Å²) < 4.78 is 4.65. The molecule has 0 bridgehead atoms. The molecule has 23 heavy (non-hydrogen) atoms. The Morgan fingerprint density at radius 3 is 2.17 bits per heavy atom. The molecule has 0 aliphatic rings. The zero-order valence-electron chi connectivity index (χ0n) is 14.8. The van der Waals surface area contributed by atoms with E-state index in [1.165, 1.54) is 12.8 Å². The molecule has 0 spiro atoms. The van der Waals surface area contributed by atoms with Gasteiger partial charge in [-0.1, -0.05) is 52.7 Å². The Balaban J connectivity index is 0. The molecule has 0 amide bonds. The molecule has 0 fully saturated rings. The van der Waals surface area contributed by atoms with Crippen LogP contribution in [-0.4, -0.2) is 35.4 Å². The topological polar surface area (TPSA) is 83.8 Å². The molecule has 0 aromatic carbocycles. The number of allylic oxidation sites excluding steroid dienone is 1. The highest BCUT2D eigenvalue weighted by Crippen LogP contribution is 2.10. The zero-order valence-corrected chi connectivity index (χ0v) is 14.8. The number of carbonyl (C=O) groups is 2. The van der Waals surface area contributed by atoms with Crippen LogP contribution in [0, 0.1) is 0 Å². The van der Waals surface area contributed by atoms with Crippen LogP contribution in [0.3, 0.4) is 0 Å². The first-order valence-electron chi connectivity index (χ1n) is 8.32. The maximum absolute atomic E-state index is 10.7. The second-order valence-corrected chi connectivity index (χ2v) is 5.15. The van der Waals surface area contributed by atoms with Crippen LogP contribution in [0.15, 0.2) is 23.8 Å². The molecule has 5 nitrogen and oxygen atoms in total. The number of aliphatic hydroxyl groups excluding tert-OH is 1. The van der Waals surface area contributed by atoms with Crippen molar-refractivity contribution in [1.82, 2.24) is 0 Å². The van der Waals surface area contributed by atoms with Gasteiger partial charge in [-0.15, -0.1) is 0 Å². The molecule has 0 radical (unpaired) electrons. The van der Waals surface area contributed by atoms with Crippen molar-refractivity contribution < 1.29 is 24.5 Å². The molecule has 0 aliphatic heterocycles. The van der Waals surface area contributed by atoms with Gasteiger partial charge in [0.1, 0.15) is 0 Å². The molecular formula is C18H32O5. The van der Waals surface area contributed by atoms with Crippen LogP contribution in [0.25, 0.3) is 0 Å². The Labute approximate surface area is 140 Å². The lowest BCUT2D eigenvalue weighted by molar-refractivity contribution is -0.139. The van der Waals surface area contributed by atoms with Crippen LogP contribution in [0.2, 0.25) is 0 Å². The Morgan fingerprint density at radius 2 is 1.74 bits per heavy atom. The summed E-state index contributed by atoms with van der Waals surface area (Å²) in [7, 11) is 0. The summed E-state index contributed by atoms with van der Waals surface area (Å²) in [5.74, 6) is -1.26. The quantitative estimate of drug-likeness (QED) is 0.342. The third-order valence-corrected chi connectivity index (χ3v) is 2.94. The summed E-state index contributed by atoms with van der Waals surface area (Å²) in [6, 6.07) is 0. The van der Waals surface area contributed by atoms with Crippen molar-refractivity contribution in [2.24, 2.45) is 0 Å². The number of esters is 1. The van der Waals surface area contributed by atoms with E-state index in [0.29, 0.717) is 12.2 Å². The van der Waals surface area contributed by atoms with E-state index in [1.807, 2.05) is 19.9 Å². The lowest BCUT2D eigenvalue weighted by atomic mass is 10.1. The fourth-order valence-electron chi connectivity index (χ4n) is 1.65. The molecule has 5 heteroatoms. The maximum atomic E-state index is 10.7. The highest BCUT2D eigenvalue weighted by Gasteiger charge is 2.05. The Kier molecular flexibility index (Phi) is 17.2. The van der Waals surface area contributed by atoms with Crippen molar-refractivity contribution in [3.05, 3.63) is 23.8 Å². The predicted molar refractivity (Wildman–Crippen MR) is 92.2 cm³/mol. The van der Waals surface area contributed by atoms with Crippen molar-refractivity contribution in [3.8, 4) is 0 Å². The fourth-order valence-corrected chi connectivity index (χ4v) is 1.65. The number of unbranched alkanes of at least 4 members (excludes halogenated alkanes) is 3. The minimum atomic E-state index is -0.752. The highest BCUT2D eigenvalue weighted by atomic mass is 16.5. The molecule has 0 unspecified atom stereocenters. The van der Waals surface area contributed by atoms with Crippen LogP contribution >= 0.6 is 0 Å². The Bertz CT molecular complexity index is 372. The minimum Gasteiger partial charge on any atom is -0.478 e. The summed E-state index contributed by atoms with van der Waals surface area (Å²) >= 11 is 0. The van der Waals surface area contributed by atoms with Gasteiger partial charge < -0.3 is 14.9 Å². The SMILES string of the molecule is C=C(CO)C(=O)OCCC.CCC=C(CCCCCC)C(=O)O. The molecule has 0 atom stereocenters. The summed E-state index contributed by atoms with van der Waals surface area (Å²) in [6.45, 7) is 9.38. The van der Waals surface area contributed by atoms with Crippen molar-refractivity contribution in [2.45, 2.75) is 65.7 Å². The zero-order chi connectivity index (χ0) is 18.1. The van der Waals surface area contributed by atoms with Crippen LogP contribution in [0.5, 0.6) is 0 Å². The van der Waals surface area contributed by atoms with Gasteiger partial charge in [-0.3, -0.25) is 0 Å². The van der Waals surface area contributed by atoms with Crippen molar-refractivity contribution in [1.29, 1.82) is 0 Å². The molecule has 0 aliphatic carbocycles. The van der Waals surface area contributed by atoms with Crippen LogP contribution < -0.4 is 0 Å². The number of aliphatic carboxylic acids is 1. The molecule has 0 rings (SSSR count). The van der Waals surface area contributed by atoms with Crippen LogP contribution in [-0.2, 0) is 14.3 Å². The smallest absolute Gasteiger partial charge is 0.335 e. The van der Waals surface area contributed by atoms with Gasteiger partial charge in [0.2, 0.25) is 0 Å². The van der Waals surface area contributed by atoms with Gasteiger partial charge in [-0.05, 0) is 25.7 Å². The van der Waals surface area contributed by atoms with E-state index in [-0.39, 0.29) is 12.2 Å². The number of carboxylic acids is 1. The maximum Gasteiger partial charge on any atom is 0.335 e. The minimum absolute atomic E-state index is 0.105. The van der Waals surface area contributed by atoms with E-state index in [9.17, 15) is 9.59 Å². The highest BCUT2D eigenvalue weighted by molar-refractivity contribution is 5.87. The second kappa shape index (κ2) is 16.7. The largest absolute Gasteiger partial charge is 0.478 e. The van der Waals surface area contributed by atoms with E-state index in [2.05, 4.69) is 18.2 Å². The Morgan fingerprint density at radius 1 is 1.09 bits per heavy atom. The summed E-state index contributed by atoms with van der Waals surface area (Å²) in [5, 5.41) is 17.2. The fraction of sp³-hybridized carbons (Fsp3) is 0.667. The summed E-state index contributed by atoms with van der Waals surface area (Å²) in [5.41, 5.74) is 0.687. The molecule has 0 saturated heterocycles. The molecule has 0 heterocycles. The first-order valence-corrected chi connectivity index (χ1v) is 8.32. The third-order valence-electron chi connectivity index (χ3n) is 2.94. The van der Waals surface area contributed by atoms with Gasteiger partial charge in [0, 0.05) is 5.57 Å². The van der Waals surface area contributed by atoms with E-state index in [0.717, 1.165) is 32.1 Å². The van der Waals surface area contributed by atoms with Crippen molar-refractivity contribution in [3.63, 3.8) is 0 Å². The number of ether oxygens (including phenoxy) is 1. The summed E-state index contributed by atoms with van der Waals surface area (Å²) in [6.07, 6.45) is 8.69. The third kappa shape index (κ3) is 15.1. The average Bonchev–Trinajstić information content (AvgIpc) is 2.55. The first kappa shape index (κ1) is 23.6. The summed E-state index contributed by atoms with van der Waals surface area (Å²) in [4.78, 5) is 21.3. The van der Waals surface area contributed by atoms with Gasteiger partial charge >= 0.3 is 11.9 Å². The lowest BCUT2D eigenvalue weighted by Crippen LogP contribution is -2.10. The average molecular weight is 328 g/mol. The van der Waals surface area contributed by atoms with Gasteiger partial charge in [-0.2, -0.15) is 0 Å². The molecule has 0 saturated carbocycles. The number of rotatable bonds is 11. The standard InChI is InChI=1S/C11H20O2.C7H12O3/c1-3-5-6-7-9-10(8-4-2)11(12)13;1-3-4-10-7(9)6(2)5-8/h8H,3-7,9H2,1-2H3,(H,12,13);8H,2-5H2,1H3. The lowest BCUT2D eigenvalue weighted by Gasteiger charge is -2.01. The van der Waals surface area contributed by atoms with E-state index >= 15 is 0 Å². The van der Waals surface area contributed by atoms with Crippen LogP contribution in [0.4, 0.5) is 0 Å². The number of carboxylic acid groups (broad SMARTS) is 1. The number of aliphatic hydroxyl groups is 1. The normalized spacial score (nSPS) is 10.5. The Hall–Kier alpha value is -1.62. The molecule has 2 N–H and O–H groups in total. The van der Waals surface area contributed by atoms with E-state index in [1.54, 1.807) is 0 Å².